The molecule has 0 aliphatic carbocycles. The van der Waals surface area contributed by atoms with Crippen molar-refractivity contribution in [1.29, 1.82) is 0 Å². The zero-order valence-electron chi connectivity index (χ0n) is 7.89. The van der Waals surface area contributed by atoms with Gasteiger partial charge in [-0.25, -0.2) is 0 Å². The van der Waals surface area contributed by atoms with Gasteiger partial charge in [-0.2, -0.15) is 0 Å². The van der Waals surface area contributed by atoms with Crippen LogP contribution in [0.4, 0.5) is 0 Å². The fraction of sp³-hybridized carbons (Fsp3) is 0.700. The molecule has 1 fully saturated rings. The largest absolute Gasteiger partial charge is 0.316 e. The molecule has 0 aromatic carbocycles. The Balaban J connectivity index is 2.34. The molecule has 1 heterocycles. The van der Waals surface area contributed by atoms with Crippen LogP contribution in [0.1, 0.15) is 20.3 Å². The number of hydrogen-bond acceptors (Lipinski definition) is 2. The van der Waals surface area contributed by atoms with Gasteiger partial charge >= 0.3 is 0 Å². The number of carbonyl (C=O) groups excluding carboxylic acids is 1. The number of hydrogen-bond donors (Lipinski definition) is 1. The van der Waals surface area contributed by atoms with E-state index in [1.54, 1.807) is 0 Å². The molecule has 2 nitrogen and oxygen atoms in total. The highest BCUT2D eigenvalue weighted by Gasteiger charge is 2.27. The Morgan fingerprint density at radius 2 is 2.25 bits per heavy atom. The van der Waals surface area contributed by atoms with Crippen LogP contribution in [0, 0.1) is 11.8 Å². The second-order valence-corrected chi connectivity index (χ2v) is 3.81. The van der Waals surface area contributed by atoms with Gasteiger partial charge in [0.1, 0.15) is 5.78 Å². The molecule has 0 saturated carbocycles. The molecule has 0 bridgehead atoms. The summed E-state index contributed by atoms with van der Waals surface area (Å²) in [6.07, 6.45) is 0.553. The molecule has 2 heteroatoms. The first-order valence-electron chi connectivity index (χ1n) is 4.49. The zero-order valence-corrected chi connectivity index (χ0v) is 7.89. The van der Waals surface area contributed by atoms with E-state index in [4.69, 9.17) is 0 Å². The monoisotopic (exact) mass is 167 g/mol. The molecule has 1 unspecified atom stereocenters. The quantitative estimate of drug-likeness (QED) is 0.641. The molecule has 12 heavy (non-hydrogen) atoms. The molecule has 1 atom stereocenters. The van der Waals surface area contributed by atoms with Crippen LogP contribution in [0.15, 0.2) is 12.2 Å². The average molecular weight is 167 g/mol. The van der Waals surface area contributed by atoms with E-state index in [1.165, 1.54) is 0 Å². The minimum Gasteiger partial charge on any atom is -0.316 e. The van der Waals surface area contributed by atoms with E-state index in [-0.39, 0.29) is 5.92 Å². The van der Waals surface area contributed by atoms with Crippen LogP contribution in [0.3, 0.4) is 0 Å². The first-order valence-corrected chi connectivity index (χ1v) is 4.49. The molecular weight excluding hydrogens is 150 g/mol. The maximum absolute atomic E-state index is 11.5. The van der Waals surface area contributed by atoms with Crippen LogP contribution < -0.4 is 5.32 Å². The standard InChI is InChI=1S/C10H17NO/c1-7(2)4-10(12)8(3)9-5-11-6-9/h8-9,11H,1,4-6H2,2-3H3. The van der Waals surface area contributed by atoms with Crippen molar-refractivity contribution in [3.8, 4) is 0 Å². The van der Waals surface area contributed by atoms with Gasteiger partial charge in [-0.05, 0) is 25.9 Å². The van der Waals surface area contributed by atoms with Gasteiger partial charge in [0.25, 0.3) is 0 Å². The number of rotatable bonds is 4. The van der Waals surface area contributed by atoms with Crippen molar-refractivity contribution in [1.82, 2.24) is 5.32 Å². The molecule has 1 aliphatic rings. The van der Waals surface area contributed by atoms with E-state index in [9.17, 15) is 4.79 Å². The van der Waals surface area contributed by atoms with E-state index < -0.39 is 0 Å². The molecule has 0 aromatic rings. The summed E-state index contributed by atoms with van der Waals surface area (Å²) < 4.78 is 0. The van der Waals surface area contributed by atoms with E-state index in [1.807, 2.05) is 13.8 Å². The molecule has 68 valence electrons. The number of nitrogens with one attached hydrogen (secondary N) is 1. The highest BCUT2D eigenvalue weighted by atomic mass is 16.1. The van der Waals surface area contributed by atoms with Crippen LogP contribution >= 0.6 is 0 Å². The Morgan fingerprint density at radius 3 is 2.58 bits per heavy atom. The van der Waals surface area contributed by atoms with E-state index in [2.05, 4.69) is 11.9 Å². The highest BCUT2D eigenvalue weighted by molar-refractivity contribution is 5.83. The third-order valence-electron chi connectivity index (χ3n) is 2.50. The lowest BCUT2D eigenvalue weighted by Crippen LogP contribution is -2.47. The third-order valence-corrected chi connectivity index (χ3v) is 2.50. The summed E-state index contributed by atoms with van der Waals surface area (Å²) in [5.41, 5.74) is 0.971. The molecule has 1 N–H and O–H groups in total. The van der Waals surface area contributed by atoms with Crippen molar-refractivity contribution < 1.29 is 4.79 Å². The van der Waals surface area contributed by atoms with Crippen LogP contribution in [0.2, 0.25) is 0 Å². The Kier molecular flexibility index (Phi) is 3.04. The second-order valence-electron chi connectivity index (χ2n) is 3.81. The average Bonchev–Trinajstić information content (AvgIpc) is 1.81. The lowest BCUT2D eigenvalue weighted by Gasteiger charge is -2.31. The van der Waals surface area contributed by atoms with Crippen molar-refractivity contribution in [2.75, 3.05) is 13.1 Å². The Labute approximate surface area is 74.0 Å². The summed E-state index contributed by atoms with van der Waals surface area (Å²) in [6.45, 7) is 9.68. The smallest absolute Gasteiger partial charge is 0.140 e. The normalized spacial score (nSPS) is 19.8. The molecule has 0 radical (unpaired) electrons. The fourth-order valence-electron chi connectivity index (χ4n) is 1.39. The molecule has 1 aliphatic heterocycles. The van der Waals surface area contributed by atoms with Gasteiger partial charge in [0.15, 0.2) is 0 Å². The molecular formula is C10H17NO. The van der Waals surface area contributed by atoms with Crippen molar-refractivity contribution in [3.63, 3.8) is 0 Å². The SMILES string of the molecule is C=C(C)CC(=O)C(C)C1CNC1. The molecule has 0 amide bonds. The number of ketones is 1. The maximum atomic E-state index is 11.5. The van der Waals surface area contributed by atoms with Crippen molar-refractivity contribution in [3.05, 3.63) is 12.2 Å². The summed E-state index contributed by atoms with van der Waals surface area (Å²) in [5.74, 6) is 1.12. The molecule has 0 spiro atoms. The van der Waals surface area contributed by atoms with E-state index in [0.29, 0.717) is 18.1 Å². The minimum absolute atomic E-state index is 0.211. The molecule has 0 aromatic heterocycles. The van der Waals surface area contributed by atoms with Crippen LogP contribution in [-0.4, -0.2) is 18.9 Å². The number of carbonyl (C=O) groups is 1. The molecule has 1 rings (SSSR count). The lowest BCUT2D eigenvalue weighted by atomic mass is 9.84. The maximum Gasteiger partial charge on any atom is 0.140 e. The minimum atomic E-state index is 0.211. The second kappa shape index (κ2) is 3.85. The summed E-state index contributed by atoms with van der Waals surface area (Å²) in [4.78, 5) is 11.5. The van der Waals surface area contributed by atoms with Crippen molar-refractivity contribution in [2.45, 2.75) is 20.3 Å². The number of Topliss-reactive ketones (excluding diaryl/α,β-unsaturated/α-hetero) is 1. The van der Waals surface area contributed by atoms with E-state index in [0.717, 1.165) is 18.7 Å². The summed E-state index contributed by atoms with van der Waals surface area (Å²) in [5, 5.41) is 3.18. The first kappa shape index (κ1) is 9.46. The highest BCUT2D eigenvalue weighted by Crippen LogP contribution is 2.19. The Hall–Kier alpha value is -0.630. The van der Waals surface area contributed by atoms with Gasteiger partial charge < -0.3 is 5.32 Å². The fourth-order valence-corrected chi connectivity index (χ4v) is 1.39. The van der Waals surface area contributed by atoms with Gasteiger partial charge in [0.2, 0.25) is 0 Å². The summed E-state index contributed by atoms with van der Waals surface area (Å²) in [7, 11) is 0. The molecule has 1 saturated heterocycles. The van der Waals surface area contributed by atoms with Crippen LogP contribution in [-0.2, 0) is 4.79 Å². The predicted octanol–water partition coefficient (Wildman–Crippen LogP) is 1.38. The third kappa shape index (κ3) is 2.18. The summed E-state index contributed by atoms with van der Waals surface area (Å²) in [6, 6.07) is 0. The predicted molar refractivity (Wildman–Crippen MR) is 50.0 cm³/mol. The Morgan fingerprint density at radius 1 is 1.67 bits per heavy atom. The van der Waals surface area contributed by atoms with Gasteiger partial charge in [-0.3, -0.25) is 4.79 Å². The van der Waals surface area contributed by atoms with Gasteiger partial charge in [0.05, 0.1) is 0 Å². The van der Waals surface area contributed by atoms with Gasteiger partial charge in [-0.15, -0.1) is 0 Å². The lowest BCUT2D eigenvalue weighted by molar-refractivity contribution is -0.123. The number of allylic oxidation sites excluding steroid dienone is 1. The van der Waals surface area contributed by atoms with Crippen LogP contribution in [0.25, 0.3) is 0 Å². The van der Waals surface area contributed by atoms with Crippen molar-refractivity contribution >= 4 is 5.78 Å². The first-order chi connectivity index (χ1) is 5.61. The zero-order chi connectivity index (χ0) is 9.14. The van der Waals surface area contributed by atoms with E-state index >= 15 is 0 Å². The van der Waals surface area contributed by atoms with Crippen LogP contribution in [0.5, 0.6) is 0 Å². The van der Waals surface area contributed by atoms with Gasteiger partial charge in [-0.1, -0.05) is 19.1 Å². The summed E-state index contributed by atoms with van der Waals surface area (Å²) >= 11 is 0. The van der Waals surface area contributed by atoms with Crippen molar-refractivity contribution in [2.24, 2.45) is 11.8 Å². The topological polar surface area (TPSA) is 29.1 Å². The Bertz CT molecular complexity index is 194. The van der Waals surface area contributed by atoms with Gasteiger partial charge in [0, 0.05) is 12.3 Å².